The number of alkyl carbamates (subject to hydrolysis) is 1. The molecular formula is C24H42N2O9. The van der Waals surface area contributed by atoms with Crippen LogP contribution in [-0.2, 0) is 38.1 Å². The Morgan fingerprint density at radius 3 is 1.54 bits per heavy atom. The second-order valence-electron chi connectivity index (χ2n) is 11.0. The standard InChI is InChI=1S/C24H42N2O9/c1-22(2,3)33-18(28)14-12-16(20(30)34-23(4,5)6)25-19(29)15(11-13-17(27)32-10)26-21(31)35-24(7,8)9/h15-16H,11-14H2,1-10H3,(H,25,29)(H,26,31). The smallest absolute Gasteiger partial charge is 0.408 e. The molecule has 0 aliphatic heterocycles. The molecule has 0 aliphatic carbocycles. The van der Waals surface area contributed by atoms with Crippen molar-refractivity contribution in [1.82, 2.24) is 10.6 Å². The Bertz CT molecular complexity index is 758. The third-order valence-electron chi connectivity index (χ3n) is 3.94. The van der Waals surface area contributed by atoms with E-state index in [1.165, 1.54) is 7.11 Å². The van der Waals surface area contributed by atoms with Crippen molar-refractivity contribution in [3.8, 4) is 0 Å². The number of amides is 2. The van der Waals surface area contributed by atoms with Crippen molar-refractivity contribution in [2.24, 2.45) is 0 Å². The molecule has 0 fully saturated rings. The largest absolute Gasteiger partial charge is 0.469 e. The molecule has 0 radical (unpaired) electrons. The third kappa shape index (κ3) is 16.4. The number of carbonyl (C=O) groups is 5. The van der Waals surface area contributed by atoms with Crippen LogP contribution in [0.5, 0.6) is 0 Å². The summed E-state index contributed by atoms with van der Waals surface area (Å²) in [5.41, 5.74) is -2.37. The van der Waals surface area contributed by atoms with Crippen LogP contribution in [0.15, 0.2) is 0 Å². The van der Waals surface area contributed by atoms with Crippen LogP contribution in [0.2, 0.25) is 0 Å². The van der Waals surface area contributed by atoms with Gasteiger partial charge in [-0.1, -0.05) is 0 Å². The number of esters is 3. The molecule has 0 aromatic rings. The van der Waals surface area contributed by atoms with Gasteiger partial charge in [-0.05, 0) is 75.2 Å². The topological polar surface area (TPSA) is 146 Å². The summed E-state index contributed by atoms with van der Waals surface area (Å²) in [5.74, 6) is -2.63. The van der Waals surface area contributed by atoms with Gasteiger partial charge in [0.1, 0.15) is 28.9 Å². The maximum Gasteiger partial charge on any atom is 0.408 e. The molecule has 202 valence electrons. The summed E-state index contributed by atoms with van der Waals surface area (Å²) in [5, 5.41) is 4.94. The highest BCUT2D eigenvalue weighted by Gasteiger charge is 2.32. The van der Waals surface area contributed by atoms with Crippen molar-refractivity contribution in [2.75, 3.05) is 7.11 Å². The number of rotatable bonds is 10. The summed E-state index contributed by atoms with van der Waals surface area (Å²) in [6.45, 7) is 15.1. The van der Waals surface area contributed by atoms with E-state index in [4.69, 9.17) is 14.2 Å². The van der Waals surface area contributed by atoms with Gasteiger partial charge < -0.3 is 29.6 Å². The Morgan fingerprint density at radius 2 is 1.09 bits per heavy atom. The molecule has 0 aromatic carbocycles. The summed E-state index contributed by atoms with van der Waals surface area (Å²) in [7, 11) is 1.20. The Balaban J connectivity index is 5.60. The minimum Gasteiger partial charge on any atom is -0.469 e. The first-order valence-electron chi connectivity index (χ1n) is 11.5. The van der Waals surface area contributed by atoms with E-state index in [0.717, 1.165) is 0 Å². The molecule has 0 heterocycles. The fourth-order valence-electron chi connectivity index (χ4n) is 2.63. The molecule has 35 heavy (non-hydrogen) atoms. The van der Waals surface area contributed by atoms with Gasteiger partial charge in [0.05, 0.1) is 7.11 Å². The molecule has 0 aromatic heterocycles. The molecule has 2 atom stereocenters. The number of ether oxygens (including phenoxy) is 4. The van der Waals surface area contributed by atoms with E-state index in [9.17, 15) is 24.0 Å². The van der Waals surface area contributed by atoms with Crippen molar-refractivity contribution >= 4 is 29.9 Å². The lowest BCUT2D eigenvalue weighted by Gasteiger charge is -2.27. The van der Waals surface area contributed by atoms with Crippen LogP contribution < -0.4 is 10.6 Å². The van der Waals surface area contributed by atoms with Gasteiger partial charge in [-0.25, -0.2) is 9.59 Å². The zero-order valence-corrected chi connectivity index (χ0v) is 22.7. The van der Waals surface area contributed by atoms with E-state index in [0.29, 0.717) is 0 Å². The first-order chi connectivity index (χ1) is 15.7. The summed E-state index contributed by atoms with van der Waals surface area (Å²) in [4.78, 5) is 61.8. The maximum atomic E-state index is 13.0. The minimum atomic E-state index is -1.21. The van der Waals surface area contributed by atoms with Crippen molar-refractivity contribution < 1.29 is 42.9 Å². The first-order valence-corrected chi connectivity index (χ1v) is 11.5. The molecule has 0 rings (SSSR count). The zero-order chi connectivity index (χ0) is 27.6. The third-order valence-corrected chi connectivity index (χ3v) is 3.94. The van der Waals surface area contributed by atoms with E-state index >= 15 is 0 Å². The van der Waals surface area contributed by atoms with E-state index in [2.05, 4.69) is 15.4 Å². The summed E-state index contributed by atoms with van der Waals surface area (Å²) in [6, 6.07) is -2.41. The predicted molar refractivity (Wildman–Crippen MR) is 127 cm³/mol. The quantitative estimate of drug-likeness (QED) is 0.340. The van der Waals surface area contributed by atoms with Gasteiger partial charge in [0.25, 0.3) is 0 Å². The maximum absolute atomic E-state index is 13.0. The SMILES string of the molecule is COC(=O)CCC(NC(=O)OC(C)(C)C)C(=O)NC(CCC(=O)OC(C)(C)C)C(=O)OC(C)(C)C. The Kier molecular flexibility index (Phi) is 12.2. The Hall–Kier alpha value is -2.85. The van der Waals surface area contributed by atoms with Gasteiger partial charge in [0.2, 0.25) is 5.91 Å². The molecule has 11 heteroatoms. The molecule has 0 bridgehead atoms. The van der Waals surface area contributed by atoms with Gasteiger partial charge in [-0.3, -0.25) is 14.4 Å². The normalized spacial score (nSPS) is 13.7. The molecule has 2 unspecified atom stereocenters. The lowest BCUT2D eigenvalue weighted by Crippen LogP contribution is -2.53. The van der Waals surface area contributed by atoms with Crippen molar-refractivity contribution in [2.45, 2.75) is 117 Å². The zero-order valence-electron chi connectivity index (χ0n) is 22.7. The summed E-state index contributed by atoms with van der Waals surface area (Å²) < 4.78 is 20.5. The summed E-state index contributed by atoms with van der Waals surface area (Å²) in [6.07, 6.45) is -1.39. The molecule has 11 nitrogen and oxygen atoms in total. The van der Waals surface area contributed by atoms with Gasteiger partial charge in [0, 0.05) is 12.8 Å². The van der Waals surface area contributed by atoms with Crippen molar-refractivity contribution in [1.29, 1.82) is 0 Å². The summed E-state index contributed by atoms with van der Waals surface area (Å²) >= 11 is 0. The van der Waals surface area contributed by atoms with E-state index in [1.54, 1.807) is 62.3 Å². The molecule has 0 saturated carbocycles. The van der Waals surface area contributed by atoms with Gasteiger partial charge >= 0.3 is 24.0 Å². The van der Waals surface area contributed by atoms with E-state index < -0.39 is 58.8 Å². The average molecular weight is 503 g/mol. The van der Waals surface area contributed by atoms with Crippen LogP contribution in [0.4, 0.5) is 4.79 Å². The van der Waals surface area contributed by atoms with Crippen molar-refractivity contribution in [3.63, 3.8) is 0 Å². The van der Waals surface area contributed by atoms with Crippen LogP contribution in [0, 0.1) is 0 Å². The highest BCUT2D eigenvalue weighted by molar-refractivity contribution is 5.90. The van der Waals surface area contributed by atoms with Crippen LogP contribution in [0.1, 0.15) is 88.0 Å². The molecular weight excluding hydrogens is 460 g/mol. The van der Waals surface area contributed by atoms with Crippen LogP contribution in [0.3, 0.4) is 0 Å². The monoisotopic (exact) mass is 502 g/mol. The highest BCUT2D eigenvalue weighted by Crippen LogP contribution is 2.14. The fourth-order valence-corrected chi connectivity index (χ4v) is 2.63. The Labute approximate surface area is 207 Å². The second-order valence-corrected chi connectivity index (χ2v) is 11.0. The number of hydrogen-bond donors (Lipinski definition) is 2. The number of methoxy groups -OCH3 is 1. The number of nitrogens with one attached hydrogen (secondary N) is 2. The Morgan fingerprint density at radius 1 is 0.629 bits per heavy atom. The second kappa shape index (κ2) is 13.3. The van der Waals surface area contributed by atoms with E-state index in [-0.39, 0.29) is 25.7 Å². The first kappa shape index (κ1) is 32.1. The van der Waals surface area contributed by atoms with Gasteiger partial charge in [-0.2, -0.15) is 0 Å². The van der Waals surface area contributed by atoms with Gasteiger partial charge in [0.15, 0.2) is 0 Å². The van der Waals surface area contributed by atoms with Gasteiger partial charge in [-0.15, -0.1) is 0 Å². The lowest BCUT2D eigenvalue weighted by molar-refractivity contribution is -0.160. The van der Waals surface area contributed by atoms with Crippen LogP contribution in [0.25, 0.3) is 0 Å². The molecule has 2 N–H and O–H groups in total. The van der Waals surface area contributed by atoms with Crippen LogP contribution >= 0.6 is 0 Å². The van der Waals surface area contributed by atoms with Crippen LogP contribution in [-0.4, -0.2) is 65.9 Å². The fraction of sp³-hybridized carbons (Fsp3) is 0.792. The average Bonchev–Trinajstić information content (AvgIpc) is 2.63. The van der Waals surface area contributed by atoms with Crippen molar-refractivity contribution in [3.05, 3.63) is 0 Å². The van der Waals surface area contributed by atoms with E-state index in [1.807, 2.05) is 0 Å². The number of hydrogen-bond acceptors (Lipinski definition) is 9. The minimum absolute atomic E-state index is 0.0915. The highest BCUT2D eigenvalue weighted by atomic mass is 16.6. The number of carbonyl (C=O) groups excluding carboxylic acids is 5. The molecule has 2 amide bonds. The molecule has 0 saturated heterocycles. The molecule has 0 spiro atoms. The lowest BCUT2D eigenvalue weighted by atomic mass is 10.1. The predicted octanol–water partition coefficient (Wildman–Crippen LogP) is 2.78. The molecule has 0 aliphatic rings.